The van der Waals surface area contributed by atoms with Gasteiger partial charge in [0.2, 0.25) is 0 Å². The molecule has 0 saturated heterocycles. The minimum Gasteiger partial charge on any atom is -0.480 e. The van der Waals surface area contributed by atoms with Crippen molar-refractivity contribution < 1.29 is 23.1 Å². The molecule has 7 nitrogen and oxygen atoms in total. The van der Waals surface area contributed by atoms with Gasteiger partial charge in [0.15, 0.2) is 6.61 Å². The van der Waals surface area contributed by atoms with Crippen LogP contribution in [0.5, 0.6) is 5.75 Å². The zero-order chi connectivity index (χ0) is 12.9. The van der Waals surface area contributed by atoms with Crippen LogP contribution in [0, 0.1) is 0 Å². The van der Waals surface area contributed by atoms with Gasteiger partial charge in [0, 0.05) is 7.05 Å². The highest BCUT2D eigenvalue weighted by molar-refractivity contribution is 7.90. The summed E-state index contributed by atoms with van der Waals surface area (Å²) in [7, 11) is -2.41. The van der Waals surface area contributed by atoms with Gasteiger partial charge in [0.25, 0.3) is 10.2 Å². The third-order valence-corrected chi connectivity index (χ3v) is 2.78. The molecule has 8 heteroatoms. The number of ether oxygens (including phenoxy) is 1. The molecular formula is C9H12N2O5S. The molecular weight excluding hydrogens is 248 g/mol. The lowest BCUT2D eigenvalue weighted by molar-refractivity contribution is -0.139. The summed E-state index contributed by atoms with van der Waals surface area (Å²) < 4.78 is 31.7. The second-order valence-electron chi connectivity index (χ2n) is 2.99. The summed E-state index contributed by atoms with van der Waals surface area (Å²) in [4.78, 5) is 10.3. The van der Waals surface area contributed by atoms with Gasteiger partial charge in [-0.2, -0.15) is 8.42 Å². The maximum Gasteiger partial charge on any atom is 0.341 e. The van der Waals surface area contributed by atoms with Crippen molar-refractivity contribution in [3.05, 3.63) is 24.3 Å². The van der Waals surface area contributed by atoms with Crippen LogP contribution < -0.4 is 14.2 Å². The Morgan fingerprint density at radius 2 is 2.06 bits per heavy atom. The average molecular weight is 260 g/mol. The quantitative estimate of drug-likeness (QED) is 0.669. The Morgan fingerprint density at radius 3 is 2.65 bits per heavy atom. The Hall–Kier alpha value is -1.80. The number of hydrogen-bond acceptors (Lipinski definition) is 4. The zero-order valence-corrected chi connectivity index (χ0v) is 9.82. The van der Waals surface area contributed by atoms with E-state index in [2.05, 4.69) is 9.44 Å². The number of carboxylic acid groups (broad SMARTS) is 1. The van der Waals surface area contributed by atoms with Gasteiger partial charge in [-0.3, -0.25) is 4.72 Å². The fourth-order valence-electron chi connectivity index (χ4n) is 1.01. The van der Waals surface area contributed by atoms with Crippen LogP contribution in [-0.2, 0) is 15.0 Å². The van der Waals surface area contributed by atoms with Crippen LogP contribution in [0.1, 0.15) is 0 Å². The molecule has 1 aromatic rings. The molecule has 0 fully saturated rings. The Balaban J connectivity index is 2.88. The van der Waals surface area contributed by atoms with Gasteiger partial charge in [0.05, 0.1) is 5.69 Å². The highest BCUT2D eigenvalue weighted by Crippen LogP contribution is 2.24. The standard InChI is InChI=1S/C9H12N2O5S/c1-10-17(14,15)11-7-4-2-3-5-8(7)16-6-9(12)13/h2-5,10-11H,6H2,1H3,(H,12,13). The van der Waals surface area contributed by atoms with E-state index in [9.17, 15) is 13.2 Å². The molecule has 0 aliphatic heterocycles. The lowest BCUT2D eigenvalue weighted by Crippen LogP contribution is -2.26. The smallest absolute Gasteiger partial charge is 0.341 e. The van der Waals surface area contributed by atoms with E-state index in [4.69, 9.17) is 9.84 Å². The number of para-hydroxylation sites is 2. The number of nitrogens with one attached hydrogen (secondary N) is 2. The third kappa shape index (κ3) is 4.29. The second-order valence-corrected chi connectivity index (χ2v) is 4.61. The van der Waals surface area contributed by atoms with Crippen molar-refractivity contribution in [2.75, 3.05) is 18.4 Å². The van der Waals surface area contributed by atoms with Gasteiger partial charge >= 0.3 is 5.97 Å². The predicted molar refractivity (Wildman–Crippen MR) is 61.2 cm³/mol. The van der Waals surface area contributed by atoms with Gasteiger partial charge in [-0.25, -0.2) is 9.52 Å². The molecule has 0 amide bonds. The average Bonchev–Trinajstić information content (AvgIpc) is 2.27. The molecule has 1 aromatic carbocycles. The lowest BCUT2D eigenvalue weighted by atomic mass is 10.3. The van der Waals surface area contributed by atoms with Crippen molar-refractivity contribution in [2.24, 2.45) is 0 Å². The van der Waals surface area contributed by atoms with Gasteiger partial charge in [-0.15, -0.1) is 0 Å². The van der Waals surface area contributed by atoms with Gasteiger partial charge < -0.3 is 9.84 Å². The minimum absolute atomic E-state index is 0.147. The number of benzene rings is 1. The summed E-state index contributed by atoms with van der Waals surface area (Å²) in [5.74, 6) is -0.995. The topological polar surface area (TPSA) is 105 Å². The monoisotopic (exact) mass is 260 g/mol. The molecule has 0 bridgehead atoms. The second kappa shape index (κ2) is 5.51. The van der Waals surface area contributed by atoms with Gasteiger partial charge in [-0.1, -0.05) is 12.1 Å². The minimum atomic E-state index is -3.66. The molecule has 94 valence electrons. The number of aliphatic carboxylic acids is 1. The van der Waals surface area contributed by atoms with Gasteiger partial charge in [-0.05, 0) is 12.1 Å². The molecule has 0 spiro atoms. The number of hydrogen-bond donors (Lipinski definition) is 3. The normalized spacial score (nSPS) is 10.9. The van der Waals surface area contributed by atoms with Crippen LogP contribution in [0.2, 0.25) is 0 Å². The van der Waals surface area contributed by atoms with Crippen molar-refractivity contribution in [1.82, 2.24) is 4.72 Å². The molecule has 0 aliphatic carbocycles. The fraction of sp³-hybridized carbons (Fsp3) is 0.222. The van der Waals surface area contributed by atoms with Crippen molar-refractivity contribution >= 4 is 21.9 Å². The molecule has 0 aromatic heterocycles. The Kier molecular flexibility index (Phi) is 4.30. The Bertz CT molecular complexity index is 500. The molecule has 0 radical (unpaired) electrons. The van der Waals surface area contributed by atoms with E-state index in [1.165, 1.54) is 19.2 Å². The van der Waals surface area contributed by atoms with Crippen LogP contribution in [0.4, 0.5) is 5.69 Å². The lowest BCUT2D eigenvalue weighted by Gasteiger charge is -2.11. The van der Waals surface area contributed by atoms with Crippen LogP contribution in [0.25, 0.3) is 0 Å². The first-order valence-electron chi connectivity index (χ1n) is 4.59. The first-order chi connectivity index (χ1) is 7.94. The summed E-state index contributed by atoms with van der Waals surface area (Å²) >= 11 is 0. The highest BCUT2D eigenvalue weighted by Gasteiger charge is 2.11. The van der Waals surface area contributed by atoms with Crippen LogP contribution in [0.15, 0.2) is 24.3 Å². The summed E-state index contributed by atoms with van der Waals surface area (Å²) in [5.41, 5.74) is 0.170. The molecule has 0 aliphatic rings. The first-order valence-corrected chi connectivity index (χ1v) is 6.08. The molecule has 0 saturated carbocycles. The third-order valence-electron chi connectivity index (χ3n) is 1.75. The zero-order valence-electron chi connectivity index (χ0n) is 9.00. The number of anilines is 1. The van der Waals surface area contributed by atoms with E-state index in [1.54, 1.807) is 12.1 Å². The SMILES string of the molecule is CNS(=O)(=O)Nc1ccccc1OCC(=O)O. The molecule has 3 N–H and O–H groups in total. The van der Waals surface area contributed by atoms with Crippen molar-refractivity contribution in [3.8, 4) is 5.75 Å². The van der Waals surface area contributed by atoms with Crippen LogP contribution in [0.3, 0.4) is 0 Å². The first kappa shape index (κ1) is 13.3. The van der Waals surface area contributed by atoms with Crippen molar-refractivity contribution in [1.29, 1.82) is 0 Å². The van der Waals surface area contributed by atoms with Gasteiger partial charge in [0.1, 0.15) is 5.75 Å². The molecule has 17 heavy (non-hydrogen) atoms. The summed E-state index contributed by atoms with van der Waals surface area (Å²) in [6.07, 6.45) is 0. The molecule has 0 atom stereocenters. The molecule has 0 heterocycles. The molecule has 1 rings (SSSR count). The van der Waals surface area contributed by atoms with E-state index in [-0.39, 0.29) is 11.4 Å². The highest BCUT2D eigenvalue weighted by atomic mass is 32.2. The van der Waals surface area contributed by atoms with E-state index in [0.29, 0.717) is 0 Å². The van der Waals surface area contributed by atoms with Crippen LogP contribution >= 0.6 is 0 Å². The Labute approximate surface area is 98.6 Å². The maximum atomic E-state index is 11.3. The number of rotatable bonds is 6. The maximum absolute atomic E-state index is 11.3. The predicted octanol–water partition coefficient (Wildman–Crippen LogP) is 0.0261. The fourth-order valence-corrected chi connectivity index (χ4v) is 1.57. The van der Waals surface area contributed by atoms with Crippen LogP contribution in [-0.4, -0.2) is 33.1 Å². The number of carboxylic acids is 1. The van der Waals surface area contributed by atoms with Crippen molar-refractivity contribution in [3.63, 3.8) is 0 Å². The van der Waals surface area contributed by atoms with E-state index < -0.39 is 22.8 Å². The molecule has 0 unspecified atom stereocenters. The van der Waals surface area contributed by atoms with E-state index in [1.807, 2.05) is 0 Å². The Morgan fingerprint density at radius 1 is 1.41 bits per heavy atom. The number of carbonyl (C=O) groups is 1. The summed E-state index contributed by atoms with van der Waals surface area (Å²) in [6.45, 7) is -0.543. The summed E-state index contributed by atoms with van der Waals surface area (Å²) in [6, 6.07) is 6.14. The largest absolute Gasteiger partial charge is 0.480 e. The van der Waals surface area contributed by atoms with E-state index in [0.717, 1.165) is 0 Å². The van der Waals surface area contributed by atoms with E-state index >= 15 is 0 Å². The summed E-state index contributed by atoms with van der Waals surface area (Å²) in [5, 5.41) is 8.47. The van der Waals surface area contributed by atoms with Crippen molar-refractivity contribution in [2.45, 2.75) is 0 Å².